The molecule has 0 saturated heterocycles. The number of nitrogens with two attached hydrogens (primary N) is 1. The van der Waals surface area contributed by atoms with Crippen LogP contribution in [0.4, 0.5) is 26.3 Å². The first-order valence-electron chi connectivity index (χ1n) is 5.35. The molecule has 0 radical (unpaired) electrons. The SMILES string of the molecule is N[C@H](C[C@H](O)c1cccc(OC(F)(F)F)c1)C(F)(F)F. The molecule has 0 spiro atoms. The van der Waals surface area contributed by atoms with Gasteiger partial charge in [-0.1, -0.05) is 12.1 Å². The average molecular weight is 303 g/mol. The molecule has 2 atom stereocenters. The van der Waals surface area contributed by atoms with Crippen molar-refractivity contribution in [3.05, 3.63) is 29.8 Å². The van der Waals surface area contributed by atoms with E-state index in [-0.39, 0.29) is 5.56 Å². The summed E-state index contributed by atoms with van der Waals surface area (Å²) in [6.45, 7) is 0. The Hall–Kier alpha value is -1.48. The van der Waals surface area contributed by atoms with E-state index in [1.54, 1.807) is 0 Å². The normalized spacial score (nSPS) is 15.8. The molecule has 3 nitrogen and oxygen atoms in total. The van der Waals surface area contributed by atoms with E-state index >= 15 is 0 Å². The number of alkyl halides is 6. The summed E-state index contributed by atoms with van der Waals surface area (Å²) in [4.78, 5) is 0. The van der Waals surface area contributed by atoms with Gasteiger partial charge in [0.25, 0.3) is 0 Å². The lowest BCUT2D eigenvalue weighted by Gasteiger charge is -2.19. The third-order valence-corrected chi connectivity index (χ3v) is 2.37. The van der Waals surface area contributed by atoms with Crippen LogP contribution in [0.15, 0.2) is 24.3 Å². The zero-order valence-corrected chi connectivity index (χ0v) is 9.87. The molecule has 0 aliphatic carbocycles. The summed E-state index contributed by atoms with van der Waals surface area (Å²) in [6, 6.07) is 1.80. The second-order valence-corrected chi connectivity index (χ2v) is 4.02. The van der Waals surface area contributed by atoms with E-state index in [4.69, 9.17) is 5.73 Å². The molecule has 1 rings (SSSR count). The van der Waals surface area contributed by atoms with E-state index in [1.807, 2.05) is 0 Å². The molecular weight excluding hydrogens is 292 g/mol. The Balaban J connectivity index is 2.79. The maximum absolute atomic E-state index is 12.2. The fourth-order valence-electron chi connectivity index (χ4n) is 1.43. The highest BCUT2D eigenvalue weighted by atomic mass is 19.4. The van der Waals surface area contributed by atoms with Crippen molar-refractivity contribution in [2.75, 3.05) is 0 Å². The van der Waals surface area contributed by atoms with Crippen molar-refractivity contribution in [1.82, 2.24) is 0 Å². The van der Waals surface area contributed by atoms with Gasteiger partial charge in [-0.2, -0.15) is 13.2 Å². The second kappa shape index (κ2) is 5.88. The lowest BCUT2D eigenvalue weighted by Crippen LogP contribution is -2.38. The van der Waals surface area contributed by atoms with Crippen LogP contribution in [0.3, 0.4) is 0 Å². The molecule has 0 bridgehead atoms. The van der Waals surface area contributed by atoms with Gasteiger partial charge < -0.3 is 15.6 Å². The maximum Gasteiger partial charge on any atom is 0.573 e. The van der Waals surface area contributed by atoms with Crippen molar-refractivity contribution in [1.29, 1.82) is 0 Å². The van der Waals surface area contributed by atoms with Crippen molar-refractivity contribution >= 4 is 0 Å². The van der Waals surface area contributed by atoms with Gasteiger partial charge in [-0.15, -0.1) is 13.2 Å². The van der Waals surface area contributed by atoms with Crippen LogP contribution in [0.2, 0.25) is 0 Å². The van der Waals surface area contributed by atoms with Crippen molar-refractivity contribution < 1.29 is 36.2 Å². The van der Waals surface area contributed by atoms with Crippen molar-refractivity contribution in [3.8, 4) is 5.75 Å². The summed E-state index contributed by atoms with van der Waals surface area (Å²) in [7, 11) is 0. The number of hydrogen-bond donors (Lipinski definition) is 2. The molecule has 3 N–H and O–H groups in total. The lowest BCUT2D eigenvalue weighted by molar-refractivity contribution is -0.274. The highest BCUT2D eigenvalue weighted by molar-refractivity contribution is 5.30. The van der Waals surface area contributed by atoms with Crippen LogP contribution in [0, 0.1) is 0 Å². The topological polar surface area (TPSA) is 55.5 Å². The summed E-state index contributed by atoms with van der Waals surface area (Å²) in [5.74, 6) is -0.630. The number of ether oxygens (including phenoxy) is 1. The van der Waals surface area contributed by atoms with Crippen LogP contribution >= 0.6 is 0 Å². The summed E-state index contributed by atoms with van der Waals surface area (Å²) in [6.07, 6.45) is -12.1. The fourth-order valence-corrected chi connectivity index (χ4v) is 1.43. The number of hydrogen-bond acceptors (Lipinski definition) is 3. The van der Waals surface area contributed by atoms with Gasteiger partial charge >= 0.3 is 12.5 Å². The standard InChI is InChI=1S/C11H11F6NO2/c12-10(13,14)9(18)5-8(19)6-2-1-3-7(4-6)20-11(15,16)17/h1-4,8-9,19H,5,18H2/t8-,9+/m0/s1. The Morgan fingerprint density at radius 2 is 1.75 bits per heavy atom. The minimum Gasteiger partial charge on any atom is -0.406 e. The number of benzene rings is 1. The van der Waals surface area contributed by atoms with Crippen LogP contribution < -0.4 is 10.5 Å². The minimum absolute atomic E-state index is 0.147. The van der Waals surface area contributed by atoms with E-state index in [9.17, 15) is 31.4 Å². The van der Waals surface area contributed by atoms with Gasteiger partial charge in [0, 0.05) is 6.42 Å². The third-order valence-electron chi connectivity index (χ3n) is 2.37. The smallest absolute Gasteiger partial charge is 0.406 e. The highest BCUT2D eigenvalue weighted by Gasteiger charge is 2.38. The molecule has 9 heteroatoms. The Morgan fingerprint density at radius 1 is 1.15 bits per heavy atom. The van der Waals surface area contributed by atoms with E-state index in [1.165, 1.54) is 6.07 Å². The fraction of sp³-hybridized carbons (Fsp3) is 0.455. The molecule has 1 aromatic rings. The molecule has 0 saturated carbocycles. The van der Waals surface area contributed by atoms with Gasteiger partial charge in [-0.3, -0.25) is 0 Å². The molecule has 0 aliphatic heterocycles. The quantitative estimate of drug-likeness (QED) is 0.841. The second-order valence-electron chi connectivity index (χ2n) is 4.02. The molecular formula is C11H11F6NO2. The van der Waals surface area contributed by atoms with Crippen LogP contribution in [0.1, 0.15) is 18.1 Å². The molecule has 0 amide bonds. The maximum atomic E-state index is 12.2. The van der Waals surface area contributed by atoms with Gasteiger partial charge in [0.2, 0.25) is 0 Å². The van der Waals surface area contributed by atoms with Crippen LogP contribution in [0.5, 0.6) is 5.75 Å². The first-order valence-corrected chi connectivity index (χ1v) is 5.35. The van der Waals surface area contributed by atoms with Crippen molar-refractivity contribution in [3.63, 3.8) is 0 Å². The Kier molecular flexibility index (Phi) is 4.87. The predicted octanol–water partition coefficient (Wildman–Crippen LogP) is 2.90. The highest BCUT2D eigenvalue weighted by Crippen LogP contribution is 2.29. The lowest BCUT2D eigenvalue weighted by atomic mass is 10.0. The molecule has 0 heterocycles. The van der Waals surface area contributed by atoms with Gasteiger partial charge in [0.15, 0.2) is 0 Å². The van der Waals surface area contributed by atoms with Gasteiger partial charge in [0.05, 0.1) is 6.10 Å². The Morgan fingerprint density at radius 3 is 2.25 bits per heavy atom. The summed E-state index contributed by atoms with van der Waals surface area (Å²) in [5.41, 5.74) is 4.69. The molecule has 0 aliphatic rings. The number of aliphatic hydroxyl groups excluding tert-OH is 1. The third kappa shape index (κ3) is 5.25. The van der Waals surface area contributed by atoms with Gasteiger partial charge in [-0.05, 0) is 17.7 Å². The molecule has 20 heavy (non-hydrogen) atoms. The Bertz CT molecular complexity index is 445. The van der Waals surface area contributed by atoms with E-state index < -0.39 is 36.9 Å². The predicted molar refractivity (Wildman–Crippen MR) is 56.7 cm³/mol. The van der Waals surface area contributed by atoms with Gasteiger partial charge in [0.1, 0.15) is 11.8 Å². The van der Waals surface area contributed by atoms with E-state index in [2.05, 4.69) is 4.74 Å². The van der Waals surface area contributed by atoms with Crippen LogP contribution in [-0.4, -0.2) is 23.7 Å². The van der Waals surface area contributed by atoms with E-state index in [0.717, 1.165) is 18.2 Å². The van der Waals surface area contributed by atoms with Crippen molar-refractivity contribution in [2.45, 2.75) is 31.1 Å². The van der Waals surface area contributed by atoms with Gasteiger partial charge in [-0.25, -0.2) is 0 Å². The molecule has 114 valence electrons. The summed E-state index contributed by atoms with van der Waals surface area (Å²) in [5, 5.41) is 9.56. The average Bonchev–Trinajstić information content (AvgIpc) is 2.25. The van der Waals surface area contributed by atoms with Crippen LogP contribution in [0.25, 0.3) is 0 Å². The summed E-state index contributed by atoms with van der Waals surface area (Å²) >= 11 is 0. The first-order chi connectivity index (χ1) is 8.99. The molecule has 0 unspecified atom stereocenters. The zero-order chi connectivity index (χ0) is 15.6. The number of aliphatic hydroxyl groups is 1. The van der Waals surface area contributed by atoms with E-state index in [0.29, 0.717) is 0 Å². The minimum atomic E-state index is -4.92. The molecule has 1 aromatic carbocycles. The zero-order valence-electron chi connectivity index (χ0n) is 9.87. The Labute approximate surface area is 109 Å². The molecule has 0 aromatic heterocycles. The monoisotopic (exact) mass is 303 g/mol. The summed E-state index contributed by atoms with van der Waals surface area (Å²) < 4.78 is 76.2. The van der Waals surface area contributed by atoms with Crippen LogP contribution in [-0.2, 0) is 0 Å². The molecule has 0 fully saturated rings. The number of halogens is 6. The largest absolute Gasteiger partial charge is 0.573 e. The first kappa shape index (κ1) is 16.6. The number of rotatable bonds is 4. The van der Waals surface area contributed by atoms with Crippen molar-refractivity contribution in [2.24, 2.45) is 5.73 Å².